The van der Waals surface area contributed by atoms with Gasteiger partial charge >= 0.3 is 0 Å². The van der Waals surface area contributed by atoms with E-state index < -0.39 is 11.5 Å². The Bertz CT molecular complexity index is 389. The van der Waals surface area contributed by atoms with Crippen LogP contribution in [0.2, 0.25) is 5.15 Å². The van der Waals surface area contributed by atoms with Gasteiger partial charge < -0.3 is 10.7 Å². The normalized spacial score (nSPS) is 9.83. The zero-order valence-electron chi connectivity index (χ0n) is 5.60. The van der Waals surface area contributed by atoms with Gasteiger partial charge in [0.25, 0.3) is 11.5 Å². The van der Waals surface area contributed by atoms with Crippen LogP contribution < -0.4 is 11.3 Å². The molecule has 0 radical (unpaired) electrons. The van der Waals surface area contributed by atoms with E-state index in [2.05, 4.69) is 25.9 Å². The molecule has 0 fully saturated rings. The van der Waals surface area contributed by atoms with Crippen LogP contribution >= 0.6 is 27.5 Å². The minimum atomic E-state index is -0.822. The van der Waals surface area contributed by atoms with Gasteiger partial charge in [-0.3, -0.25) is 9.59 Å². The van der Waals surface area contributed by atoms with Crippen molar-refractivity contribution in [3.05, 3.63) is 25.8 Å². The summed E-state index contributed by atoms with van der Waals surface area (Å²) >= 11 is 8.32. The van der Waals surface area contributed by atoms with Crippen molar-refractivity contribution >= 4 is 33.4 Å². The highest BCUT2D eigenvalue weighted by molar-refractivity contribution is 9.10. The number of carbonyl (C=O) groups excluding carboxylic acids is 1. The summed E-state index contributed by atoms with van der Waals surface area (Å²) in [6, 6.07) is 0. The van der Waals surface area contributed by atoms with Gasteiger partial charge in [0.15, 0.2) is 9.76 Å². The average Bonchev–Trinajstić information content (AvgIpc) is 1.96. The fourth-order valence-corrected chi connectivity index (χ4v) is 1.18. The number of hydrogen-bond donors (Lipinski definition) is 2. The molecule has 1 aromatic rings. The Morgan fingerprint density at radius 1 is 1.67 bits per heavy atom. The van der Waals surface area contributed by atoms with Crippen LogP contribution in [0.1, 0.15) is 10.5 Å². The van der Waals surface area contributed by atoms with Crippen LogP contribution in [0.15, 0.2) is 9.40 Å². The number of rotatable bonds is 1. The van der Waals surface area contributed by atoms with Crippen molar-refractivity contribution in [2.45, 2.75) is 0 Å². The van der Waals surface area contributed by atoms with Gasteiger partial charge in [-0.2, -0.15) is 0 Å². The minimum absolute atomic E-state index is 0.0116. The van der Waals surface area contributed by atoms with Gasteiger partial charge in [0.2, 0.25) is 0 Å². The molecule has 0 atom stereocenters. The molecule has 0 bridgehead atoms. The largest absolute Gasteiger partial charge is 0.364 e. The number of carbonyl (C=O) groups is 1. The molecule has 1 rings (SSSR count). The molecule has 0 unspecified atom stereocenters. The smallest absolute Gasteiger partial charge is 0.281 e. The fourth-order valence-electron chi connectivity index (χ4n) is 0.573. The molecular formula is C5H3BrClN3O2. The van der Waals surface area contributed by atoms with Crippen molar-refractivity contribution in [1.82, 2.24) is 9.97 Å². The lowest BCUT2D eigenvalue weighted by Crippen LogP contribution is -2.21. The van der Waals surface area contributed by atoms with E-state index in [0.29, 0.717) is 0 Å². The standard InChI is InChI=1S/C5H3BrClN3O2/c6-2-5(12)9-1(4(8)11)3(7)10-2/h(H2,8,11)(H,9,12). The molecule has 1 heterocycles. The molecule has 0 aromatic carbocycles. The van der Waals surface area contributed by atoms with Crippen molar-refractivity contribution < 1.29 is 4.79 Å². The van der Waals surface area contributed by atoms with E-state index in [-0.39, 0.29) is 15.5 Å². The molecule has 0 spiro atoms. The van der Waals surface area contributed by atoms with Gasteiger partial charge in [0, 0.05) is 0 Å². The zero-order valence-corrected chi connectivity index (χ0v) is 7.94. The first-order chi connectivity index (χ1) is 5.52. The van der Waals surface area contributed by atoms with Crippen molar-refractivity contribution in [1.29, 1.82) is 0 Å². The van der Waals surface area contributed by atoms with Gasteiger partial charge in [-0.25, -0.2) is 4.98 Å². The number of aromatic nitrogens is 2. The summed E-state index contributed by atoms with van der Waals surface area (Å²) in [5, 5.41) is -0.131. The SMILES string of the molecule is NC(=O)c1[nH]c(=O)c(Br)nc1Cl. The van der Waals surface area contributed by atoms with E-state index in [9.17, 15) is 9.59 Å². The van der Waals surface area contributed by atoms with Gasteiger partial charge in [0.1, 0.15) is 5.69 Å². The third-order valence-electron chi connectivity index (χ3n) is 1.07. The Balaban J connectivity index is 3.43. The molecular weight excluding hydrogens is 249 g/mol. The number of H-pyrrole nitrogens is 1. The van der Waals surface area contributed by atoms with Gasteiger partial charge in [-0.05, 0) is 15.9 Å². The van der Waals surface area contributed by atoms with Crippen LogP contribution in [0.4, 0.5) is 0 Å². The van der Waals surface area contributed by atoms with Gasteiger partial charge in [-0.15, -0.1) is 0 Å². The van der Waals surface area contributed by atoms with Crippen LogP contribution in [0.5, 0.6) is 0 Å². The number of nitrogens with two attached hydrogens (primary N) is 1. The van der Waals surface area contributed by atoms with E-state index in [1.807, 2.05) is 0 Å². The number of hydrogen-bond acceptors (Lipinski definition) is 3. The van der Waals surface area contributed by atoms with Crippen molar-refractivity contribution in [2.75, 3.05) is 0 Å². The number of primary amides is 1. The molecule has 7 heteroatoms. The monoisotopic (exact) mass is 251 g/mol. The van der Waals surface area contributed by atoms with Crippen LogP contribution in [0.25, 0.3) is 0 Å². The van der Waals surface area contributed by atoms with E-state index in [4.69, 9.17) is 17.3 Å². The van der Waals surface area contributed by atoms with E-state index in [0.717, 1.165) is 0 Å². The number of halogens is 2. The van der Waals surface area contributed by atoms with Crippen molar-refractivity contribution in [2.24, 2.45) is 5.73 Å². The number of amides is 1. The summed E-state index contributed by atoms with van der Waals surface area (Å²) in [6.45, 7) is 0. The summed E-state index contributed by atoms with van der Waals surface area (Å²) in [4.78, 5) is 27.2. The van der Waals surface area contributed by atoms with Crippen molar-refractivity contribution in [3.63, 3.8) is 0 Å². The maximum absolute atomic E-state index is 10.9. The summed E-state index contributed by atoms with van der Waals surface area (Å²) in [5.74, 6) is -0.822. The highest BCUT2D eigenvalue weighted by Gasteiger charge is 2.10. The average molecular weight is 252 g/mol. The molecule has 5 nitrogen and oxygen atoms in total. The van der Waals surface area contributed by atoms with Gasteiger partial charge in [0.05, 0.1) is 0 Å². The molecule has 1 amide bonds. The van der Waals surface area contributed by atoms with Crippen LogP contribution in [0.3, 0.4) is 0 Å². The highest BCUT2D eigenvalue weighted by atomic mass is 79.9. The van der Waals surface area contributed by atoms with Crippen LogP contribution in [-0.4, -0.2) is 15.9 Å². The highest BCUT2D eigenvalue weighted by Crippen LogP contribution is 2.09. The quantitative estimate of drug-likeness (QED) is 0.752. The summed E-state index contributed by atoms with van der Waals surface area (Å²) < 4.78 is 0.0116. The minimum Gasteiger partial charge on any atom is -0.364 e. The molecule has 0 saturated heterocycles. The lowest BCUT2D eigenvalue weighted by Gasteiger charge is -1.97. The predicted octanol–water partition coefficient (Wildman–Crippen LogP) is 0.285. The molecule has 12 heavy (non-hydrogen) atoms. The fraction of sp³-hybridized carbons (Fsp3) is 0. The molecule has 0 aliphatic rings. The summed E-state index contributed by atoms with van der Waals surface area (Å²) in [6.07, 6.45) is 0. The number of nitrogens with one attached hydrogen (secondary N) is 1. The molecule has 0 aliphatic heterocycles. The second-order valence-electron chi connectivity index (χ2n) is 1.89. The molecule has 64 valence electrons. The van der Waals surface area contributed by atoms with E-state index in [1.165, 1.54) is 0 Å². The Morgan fingerprint density at radius 2 is 2.25 bits per heavy atom. The second-order valence-corrected chi connectivity index (χ2v) is 3.00. The van der Waals surface area contributed by atoms with Crippen LogP contribution in [0, 0.1) is 0 Å². The lowest BCUT2D eigenvalue weighted by atomic mass is 10.4. The molecule has 1 aromatic heterocycles. The number of aromatic amines is 1. The number of nitrogens with zero attached hydrogens (tertiary/aromatic N) is 1. The summed E-state index contributed by atoms with van der Waals surface area (Å²) in [7, 11) is 0. The first-order valence-corrected chi connectivity index (χ1v) is 3.94. The van der Waals surface area contributed by atoms with Gasteiger partial charge in [-0.1, -0.05) is 11.6 Å². The Morgan fingerprint density at radius 3 is 2.75 bits per heavy atom. The van der Waals surface area contributed by atoms with Crippen molar-refractivity contribution in [3.8, 4) is 0 Å². The maximum atomic E-state index is 10.9. The van der Waals surface area contributed by atoms with E-state index >= 15 is 0 Å². The predicted molar refractivity (Wildman–Crippen MR) is 46.1 cm³/mol. The Kier molecular flexibility index (Phi) is 2.49. The Hall–Kier alpha value is -0.880. The van der Waals surface area contributed by atoms with Crippen LogP contribution in [-0.2, 0) is 0 Å². The first-order valence-electron chi connectivity index (χ1n) is 2.77. The third kappa shape index (κ3) is 1.64. The molecule has 0 aliphatic carbocycles. The topological polar surface area (TPSA) is 88.8 Å². The second kappa shape index (κ2) is 3.24. The maximum Gasteiger partial charge on any atom is 0.281 e. The third-order valence-corrected chi connectivity index (χ3v) is 1.89. The molecule has 3 N–H and O–H groups in total. The summed E-state index contributed by atoms with van der Waals surface area (Å²) in [5.41, 5.74) is 4.15. The van der Waals surface area contributed by atoms with E-state index in [1.54, 1.807) is 0 Å². The molecule has 0 saturated carbocycles. The first kappa shape index (κ1) is 9.21. The lowest BCUT2D eigenvalue weighted by molar-refractivity contribution is 0.0995. The zero-order chi connectivity index (χ0) is 9.30. The Labute approximate surface area is 80.1 Å².